The first-order valence-corrected chi connectivity index (χ1v) is 7.30. The van der Waals surface area contributed by atoms with Crippen molar-refractivity contribution in [1.29, 1.82) is 0 Å². The maximum atomic E-state index is 12.8. The van der Waals surface area contributed by atoms with E-state index in [1.165, 1.54) is 5.56 Å². The summed E-state index contributed by atoms with van der Waals surface area (Å²) in [5, 5.41) is 9.34. The van der Waals surface area contributed by atoms with Gasteiger partial charge in [-0.05, 0) is 42.7 Å². The molecule has 4 rings (SSSR count). The lowest BCUT2D eigenvalue weighted by Crippen LogP contribution is -2.61. The van der Waals surface area contributed by atoms with Gasteiger partial charge in [0, 0.05) is 12.2 Å². The first-order valence-electron chi connectivity index (χ1n) is 7.30. The van der Waals surface area contributed by atoms with E-state index < -0.39 is 11.9 Å². The average Bonchev–Trinajstić information content (AvgIpc) is 2.83. The van der Waals surface area contributed by atoms with Crippen molar-refractivity contribution in [3.8, 4) is 0 Å². The molecule has 4 heteroatoms. The minimum absolute atomic E-state index is 0.0308. The minimum Gasteiger partial charge on any atom is -0.481 e. The van der Waals surface area contributed by atoms with E-state index in [0.717, 1.165) is 24.9 Å². The zero-order chi connectivity index (χ0) is 13.9. The molecule has 0 spiro atoms. The molecule has 4 nitrogen and oxygen atoms in total. The van der Waals surface area contributed by atoms with Crippen LogP contribution in [0.25, 0.3) is 0 Å². The smallest absolute Gasteiger partial charge is 0.307 e. The van der Waals surface area contributed by atoms with E-state index in [2.05, 4.69) is 0 Å². The highest BCUT2D eigenvalue weighted by Gasteiger charge is 2.62. The standard InChI is InChI=1S/C16H17NO3/c18-15(13-10-5-6-11(10)14(13)16(19)20)17-8-7-9-3-1-2-4-12(9)17/h1-4,10-11,13-14H,5-8H2,(H,19,20)/t10-,11+,13+,14-/m0/s1. The van der Waals surface area contributed by atoms with Crippen molar-refractivity contribution in [1.82, 2.24) is 0 Å². The Morgan fingerprint density at radius 1 is 1.10 bits per heavy atom. The van der Waals surface area contributed by atoms with E-state index in [1.54, 1.807) is 0 Å². The molecule has 20 heavy (non-hydrogen) atoms. The van der Waals surface area contributed by atoms with E-state index in [-0.39, 0.29) is 17.7 Å². The molecular formula is C16H17NO3. The third-order valence-electron chi connectivity index (χ3n) is 5.42. The number of fused-ring (bicyclic) bond motifs is 2. The number of hydrogen-bond donors (Lipinski definition) is 1. The summed E-state index contributed by atoms with van der Waals surface area (Å²) in [6, 6.07) is 7.93. The summed E-state index contributed by atoms with van der Waals surface area (Å²) >= 11 is 0. The van der Waals surface area contributed by atoms with Gasteiger partial charge in [-0.2, -0.15) is 0 Å². The molecule has 1 aromatic rings. The van der Waals surface area contributed by atoms with Crippen molar-refractivity contribution < 1.29 is 14.7 Å². The zero-order valence-electron chi connectivity index (χ0n) is 11.2. The van der Waals surface area contributed by atoms with E-state index in [1.807, 2.05) is 29.2 Å². The van der Waals surface area contributed by atoms with Gasteiger partial charge in [-0.1, -0.05) is 18.2 Å². The molecule has 1 N–H and O–H groups in total. The van der Waals surface area contributed by atoms with Crippen LogP contribution < -0.4 is 4.90 Å². The van der Waals surface area contributed by atoms with Crippen molar-refractivity contribution >= 4 is 17.6 Å². The van der Waals surface area contributed by atoms with Gasteiger partial charge in [0.1, 0.15) is 0 Å². The monoisotopic (exact) mass is 271 g/mol. The number of carboxylic acid groups (broad SMARTS) is 1. The van der Waals surface area contributed by atoms with Gasteiger partial charge in [0.15, 0.2) is 0 Å². The Labute approximate surface area is 117 Å². The SMILES string of the molecule is O=C(O)[C@H]1[C@@H]2CC[C@@H]2[C@H]1C(=O)N1CCc2ccccc21. The van der Waals surface area contributed by atoms with Crippen LogP contribution in [0, 0.1) is 23.7 Å². The molecule has 3 aliphatic rings. The Morgan fingerprint density at radius 3 is 2.50 bits per heavy atom. The average molecular weight is 271 g/mol. The van der Waals surface area contributed by atoms with Gasteiger partial charge in [0.05, 0.1) is 11.8 Å². The number of benzene rings is 1. The molecule has 104 valence electrons. The second-order valence-electron chi connectivity index (χ2n) is 6.16. The Bertz CT molecular complexity index is 597. The Morgan fingerprint density at radius 2 is 1.80 bits per heavy atom. The van der Waals surface area contributed by atoms with Gasteiger partial charge < -0.3 is 10.0 Å². The van der Waals surface area contributed by atoms with Crippen LogP contribution in [0.4, 0.5) is 5.69 Å². The van der Waals surface area contributed by atoms with Crippen molar-refractivity contribution in [3.63, 3.8) is 0 Å². The Hall–Kier alpha value is -1.84. The maximum absolute atomic E-state index is 12.8. The van der Waals surface area contributed by atoms with Crippen molar-refractivity contribution in [2.75, 3.05) is 11.4 Å². The number of amides is 1. The highest BCUT2D eigenvalue weighted by molar-refractivity contribution is 6.00. The third kappa shape index (κ3) is 1.42. The molecule has 2 aliphatic carbocycles. The predicted octanol–water partition coefficient (Wildman–Crippen LogP) is 1.93. The van der Waals surface area contributed by atoms with Crippen LogP contribution in [-0.2, 0) is 16.0 Å². The summed E-state index contributed by atoms with van der Waals surface area (Å²) < 4.78 is 0. The van der Waals surface area contributed by atoms with Crippen LogP contribution in [0.5, 0.6) is 0 Å². The van der Waals surface area contributed by atoms with Gasteiger partial charge >= 0.3 is 5.97 Å². The maximum Gasteiger partial charge on any atom is 0.307 e. The second-order valence-corrected chi connectivity index (χ2v) is 6.16. The molecule has 0 saturated heterocycles. The summed E-state index contributed by atoms with van der Waals surface area (Å²) in [7, 11) is 0. The van der Waals surface area contributed by atoms with Crippen LogP contribution in [-0.4, -0.2) is 23.5 Å². The van der Waals surface area contributed by atoms with Gasteiger partial charge in [-0.3, -0.25) is 9.59 Å². The molecule has 1 amide bonds. The fraction of sp³-hybridized carbons (Fsp3) is 0.500. The molecule has 0 unspecified atom stereocenters. The molecule has 2 saturated carbocycles. The minimum atomic E-state index is -0.795. The number of carbonyl (C=O) groups excluding carboxylic acids is 1. The van der Waals surface area contributed by atoms with Gasteiger partial charge in [-0.15, -0.1) is 0 Å². The topological polar surface area (TPSA) is 57.6 Å². The van der Waals surface area contributed by atoms with Crippen molar-refractivity contribution in [2.24, 2.45) is 23.7 Å². The predicted molar refractivity (Wildman–Crippen MR) is 73.3 cm³/mol. The highest BCUT2D eigenvalue weighted by atomic mass is 16.4. The van der Waals surface area contributed by atoms with Crippen molar-refractivity contribution in [3.05, 3.63) is 29.8 Å². The number of rotatable bonds is 2. The number of aliphatic carboxylic acids is 1. The number of carboxylic acids is 1. The molecule has 0 radical (unpaired) electrons. The van der Waals surface area contributed by atoms with Crippen LogP contribution in [0.3, 0.4) is 0 Å². The molecule has 4 atom stereocenters. The second kappa shape index (κ2) is 4.08. The van der Waals surface area contributed by atoms with E-state index in [4.69, 9.17) is 0 Å². The Kier molecular flexibility index (Phi) is 2.43. The zero-order valence-corrected chi connectivity index (χ0v) is 11.2. The first kappa shape index (κ1) is 11.9. The summed E-state index contributed by atoms with van der Waals surface area (Å²) in [5.74, 6) is -0.942. The van der Waals surface area contributed by atoms with E-state index in [9.17, 15) is 14.7 Å². The first-order chi connectivity index (χ1) is 9.68. The lowest BCUT2D eigenvalue weighted by atomic mass is 9.46. The van der Waals surface area contributed by atoms with Crippen LogP contribution in [0.2, 0.25) is 0 Å². The fourth-order valence-electron chi connectivity index (χ4n) is 4.25. The van der Waals surface area contributed by atoms with Gasteiger partial charge in [0.2, 0.25) is 5.91 Å². The lowest BCUT2D eigenvalue weighted by molar-refractivity contribution is -0.177. The lowest BCUT2D eigenvalue weighted by Gasteiger charge is -2.57. The van der Waals surface area contributed by atoms with E-state index in [0.29, 0.717) is 12.5 Å². The molecular weight excluding hydrogens is 254 g/mol. The normalized spacial score (nSPS) is 33.7. The van der Waals surface area contributed by atoms with Gasteiger partial charge in [0.25, 0.3) is 0 Å². The number of para-hydroxylation sites is 1. The van der Waals surface area contributed by atoms with Crippen LogP contribution >= 0.6 is 0 Å². The number of carbonyl (C=O) groups is 2. The summed E-state index contributed by atoms with van der Waals surface area (Å²) in [6.07, 6.45) is 2.86. The van der Waals surface area contributed by atoms with Crippen molar-refractivity contribution in [2.45, 2.75) is 19.3 Å². The molecule has 1 aromatic carbocycles. The number of hydrogen-bond acceptors (Lipinski definition) is 2. The third-order valence-corrected chi connectivity index (χ3v) is 5.42. The summed E-state index contributed by atoms with van der Waals surface area (Å²) in [5.41, 5.74) is 2.17. The molecule has 0 aromatic heterocycles. The molecule has 1 heterocycles. The number of nitrogens with zero attached hydrogens (tertiary/aromatic N) is 1. The largest absolute Gasteiger partial charge is 0.481 e. The van der Waals surface area contributed by atoms with Crippen LogP contribution in [0.15, 0.2) is 24.3 Å². The molecule has 0 bridgehead atoms. The summed E-state index contributed by atoms with van der Waals surface area (Å²) in [4.78, 5) is 25.9. The quantitative estimate of drug-likeness (QED) is 0.894. The summed E-state index contributed by atoms with van der Waals surface area (Å²) in [6.45, 7) is 0.693. The highest BCUT2D eigenvalue weighted by Crippen LogP contribution is 2.59. The Balaban J connectivity index is 1.61. The fourth-order valence-corrected chi connectivity index (χ4v) is 4.25. The molecule has 2 fully saturated rings. The van der Waals surface area contributed by atoms with Crippen LogP contribution in [0.1, 0.15) is 18.4 Å². The molecule has 1 aliphatic heterocycles. The van der Waals surface area contributed by atoms with Gasteiger partial charge in [-0.25, -0.2) is 0 Å². The number of anilines is 1. The van der Waals surface area contributed by atoms with E-state index >= 15 is 0 Å².